The molecule has 2 aliphatic rings. The van der Waals surface area contributed by atoms with Gasteiger partial charge in [0.2, 0.25) is 0 Å². The van der Waals surface area contributed by atoms with Gasteiger partial charge < -0.3 is 5.32 Å². The molecule has 1 N–H and O–H groups in total. The summed E-state index contributed by atoms with van der Waals surface area (Å²) >= 11 is 3.56. The van der Waals surface area contributed by atoms with E-state index in [-0.39, 0.29) is 0 Å². The standard InChI is InChI=1S/C15H20BrN/c16-13-7-8-15-11(9-13)5-6-12(15)10-17-14-3-1-2-4-14/h7-9,12,14,17H,1-6,10H2. The van der Waals surface area contributed by atoms with Crippen LogP contribution < -0.4 is 5.32 Å². The maximum absolute atomic E-state index is 3.77. The van der Waals surface area contributed by atoms with Gasteiger partial charge in [0.05, 0.1) is 0 Å². The highest BCUT2D eigenvalue weighted by Gasteiger charge is 2.23. The van der Waals surface area contributed by atoms with E-state index in [4.69, 9.17) is 0 Å². The van der Waals surface area contributed by atoms with Gasteiger partial charge in [0.15, 0.2) is 0 Å². The fraction of sp³-hybridized carbons (Fsp3) is 0.600. The van der Waals surface area contributed by atoms with Gasteiger partial charge in [0.1, 0.15) is 0 Å². The summed E-state index contributed by atoms with van der Waals surface area (Å²) in [7, 11) is 0. The molecule has 0 saturated heterocycles. The Bertz CT molecular complexity index is 396. The summed E-state index contributed by atoms with van der Waals surface area (Å²) in [5.41, 5.74) is 3.14. The fourth-order valence-electron chi connectivity index (χ4n) is 3.33. The van der Waals surface area contributed by atoms with Crippen LogP contribution in [0.25, 0.3) is 0 Å². The number of benzene rings is 1. The molecule has 2 heteroatoms. The monoisotopic (exact) mass is 293 g/mol. The Kier molecular flexibility index (Phi) is 3.53. The van der Waals surface area contributed by atoms with E-state index in [1.165, 1.54) is 49.5 Å². The maximum atomic E-state index is 3.77. The lowest BCUT2D eigenvalue weighted by Gasteiger charge is -2.17. The van der Waals surface area contributed by atoms with Crippen molar-refractivity contribution < 1.29 is 0 Å². The van der Waals surface area contributed by atoms with Crippen molar-refractivity contribution in [3.8, 4) is 0 Å². The van der Waals surface area contributed by atoms with Gasteiger partial charge in [-0.3, -0.25) is 0 Å². The Labute approximate surface area is 112 Å². The lowest BCUT2D eigenvalue weighted by Crippen LogP contribution is -2.29. The average molecular weight is 294 g/mol. The van der Waals surface area contributed by atoms with E-state index < -0.39 is 0 Å². The van der Waals surface area contributed by atoms with Gasteiger partial charge in [-0.2, -0.15) is 0 Å². The molecule has 0 amide bonds. The first-order valence-electron chi connectivity index (χ1n) is 6.84. The third-order valence-electron chi connectivity index (χ3n) is 4.32. The van der Waals surface area contributed by atoms with Gasteiger partial charge >= 0.3 is 0 Å². The Hall–Kier alpha value is -0.340. The average Bonchev–Trinajstić information content (AvgIpc) is 2.94. The Morgan fingerprint density at radius 2 is 2.00 bits per heavy atom. The fourth-order valence-corrected chi connectivity index (χ4v) is 3.73. The van der Waals surface area contributed by atoms with Crippen molar-refractivity contribution in [1.82, 2.24) is 5.32 Å². The summed E-state index contributed by atoms with van der Waals surface area (Å²) in [4.78, 5) is 0. The first kappa shape index (κ1) is 11.7. The molecule has 1 saturated carbocycles. The van der Waals surface area contributed by atoms with E-state index in [1.54, 1.807) is 11.1 Å². The number of aryl methyl sites for hydroxylation is 1. The first-order valence-corrected chi connectivity index (χ1v) is 7.64. The van der Waals surface area contributed by atoms with E-state index in [2.05, 4.69) is 39.4 Å². The predicted octanol–water partition coefficient (Wildman–Crippen LogP) is 4.01. The van der Waals surface area contributed by atoms with Crippen molar-refractivity contribution >= 4 is 15.9 Å². The summed E-state index contributed by atoms with van der Waals surface area (Å²) in [6.45, 7) is 1.18. The van der Waals surface area contributed by atoms with E-state index >= 15 is 0 Å². The lowest BCUT2D eigenvalue weighted by molar-refractivity contribution is 0.486. The van der Waals surface area contributed by atoms with Crippen LogP contribution in [0.15, 0.2) is 22.7 Å². The predicted molar refractivity (Wildman–Crippen MR) is 75.5 cm³/mol. The summed E-state index contributed by atoms with van der Waals surface area (Å²) in [6.07, 6.45) is 8.20. The minimum Gasteiger partial charge on any atom is -0.313 e. The largest absolute Gasteiger partial charge is 0.313 e. The van der Waals surface area contributed by atoms with Gasteiger partial charge in [0.25, 0.3) is 0 Å². The van der Waals surface area contributed by atoms with Crippen molar-refractivity contribution in [2.75, 3.05) is 6.54 Å². The molecule has 0 heterocycles. The summed E-state index contributed by atoms with van der Waals surface area (Å²) < 4.78 is 1.22. The van der Waals surface area contributed by atoms with Gasteiger partial charge in [0, 0.05) is 17.1 Å². The van der Waals surface area contributed by atoms with Crippen molar-refractivity contribution in [3.63, 3.8) is 0 Å². The van der Waals surface area contributed by atoms with Crippen LogP contribution in [0.4, 0.5) is 0 Å². The van der Waals surface area contributed by atoms with Gasteiger partial charge in [-0.15, -0.1) is 0 Å². The second-order valence-electron chi connectivity index (χ2n) is 5.47. The highest BCUT2D eigenvalue weighted by Crippen LogP contribution is 2.34. The van der Waals surface area contributed by atoms with Crippen molar-refractivity contribution in [3.05, 3.63) is 33.8 Å². The minimum absolute atomic E-state index is 0.749. The summed E-state index contributed by atoms with van der Waals surface area (Å²) in [6, 6.07) is 7.60. The molecule has 1 aromatic rings. The molecular weight excluding hydrogens is 274 g/mol. The highest BCUT2D eigenvalue weighted by molar-refractivity contribution is 9.10. The smallest absolute Gasteiger partial charge is 0.0178 e. The number of rotatable bonds is 3. The summed E-state index contributed by atoms with van der Waals surface area (Å²) in [5, 5.41) is 3.77. The lowest BCUT2D eigenvalue weighted by atomic mass is 10.0. The van der Waals surface area contributed by atoms with Crippen LogP contribution in [0.3, 0.4) is 0 Å². The SMILES string of the molecule is Brc1ccc2c(c1)CCC2CNC1CCCC1. The van der Waals surface area contributed by atoms with E-state index in [0.717, 1.165) is 12.0 Å². The number of halogens is 1. The molecule has 1 unspecified atom stereocenters. The van der Waals surface area contributed by atoms with Gasteiger partial charge in [-0.25, -0.2) is 0 Å². The Morgan fingerprint density at radius 1 is 1.18 bits per heavy atom. The van der Waals surface area contributed by atoms with Crippen LogP contribution in [-0.4, -0.2) is 12.6 Å². The number of hydrogen-bond acceptors (Lipinski definition) is 1. The molecule has 0 bridgehead atoms. The third kappa shape index (κ3) is 2.58. The summed E-state index contributed by atoms with van der Waals surface area (Å²) in [5.74, 6) is 0.749. The van der Waals surface area contributed by atoms with Crippen LogP contribution in [0, 0.1) is 0 Å². The zero-order chi connectivity index (χ0) is 11.7. The zero-order valence-corrected chi connectivity index (χ0v) is 11.8. The third-order valence-corrected chi connectivity index (χ3v) is 4.81. The van der Waals surface area contributed by atoms with Crippen LogP contribution in [0.2, 0.25) is 0 Å². The van der Waals surface area contributed by atoms with Crippen LogP contribution in [0.5, 0.6) is 0 Å². The van der Waals surface area contributed by atoms with Crippen molar-refractivity contribution in [2.45, 2.75) is 50.5 Å². The topological polar surface area (TPSA) is 12.0 Å². The second kappa shape index (κ2) is 5.11. The highest BCUT2D eigenvalue weighted by atomic mass is 79.9. The van der Waals surface area contributed by atoms with E-state index in [0.29, 0.717) is 0 Å². The molecular formula is C15H20BrN. The van der Waals surface area contributed by atoms with Crippen molar-refractivity contribution in [2.24, 2.45) is 0 Å². The number of fused-ring (bicyclic) bond motifs is 1. The molecule has 2 aliphatic carbocycles. The second-order valence-corrected chi connectivity index (χ2v) is 6.38. The molecule has 17 heavy (non-hydrogen) atoms. The molecule has 0 radical (unpaired) electrons. The number of hydrogen-bond donors (Lipinski definition) is 1. The Balaban J connectivity index is 1.63. The van der Waals surface area contributed by atoms with Gasteiger partial charge in [-0.05, 0) is 54.9 Å². The molecule has 1 fully saturated rings. The van der Waals surface area contributed by atoms with Gasteiger partial charge in [-0.1, -0.05) is 34.8 Å². The van der Waals surface area contributed by atoms with Crippen LogP contribution in [0.1, 0.15) is 49.1 Å². The number of nitrogens with one attached hydrogen (secondary N) is 1. The molecule has 1 aromatic carbocycles. The maximum Gasteiger partial charge on any atom is 0.0178 e. The first-order chi connectivity index (χ1) is 8.33. The molecule has 0 aliphatic heterocycles. The Morgan fingerprint density at radius 3 is 2.82 bits per heavy atom. The molecule has 1 atom stereocenters. The molecule has 0 aromatic heterocycles. The van der Waals surface area contributed by atoms with Crippen LogP contribution >= 0.6 is 15.9 Å². The van der Waals surface area contributed by atoms with E-state index in [1.807, 2.05) is 0 Å². The molecule has 3 rings (SSSR count). The molecule has 92 valence electrons. The quantitative estimate of drug-likeness (QED) is 0.888. The molecule has 1 nitrogen and oxygen atoms in total. The normalized spacial score (nSPS) is 24.2. The van der Waals surface area contributed by atoms with E-state index in [9.17, 15) is 0 Å². The van der Waals surface area contributed by atoms with Crippen LogP contribution in [-0.2, 0) is 6.42 Å². The van der Waals surface area contributed by atoms with Crippen molar-refractivity contribution in [1.29, 1.82) is 0 Å². The zero-order valence-electron chi connectivity index (χ0n) is 10.2. The minimum atomic E-state index is 0.749. The molecule has 0 spiro atoms.